The van der Waals surface area contributed by atoms with Crippen molar-refractivity contribution in [3.05, 3.63) is 11.1 Å². The zero-order valence-corrected chi connectivity index (χ0v) is 9.96. The molecule has 2 atom stereocenters. The van der Waals surface area contributed by atoms with Crippen LogP contribution in [0.25, 0.3) is 0 Å². The van der Waals surface area contributed by atoms with E-state index < -0.39 is 0 Å². The predicted octanol–water partition coefficient (Wildman–Crippen LogP) is 1.22. The molecule has 0 aromatic carbocycles. The highest BCUT2D eigenvalue weighted by molar-refractivity contribution is 7.13. The number of rotatable bonds is 2. The fourth-order valence-corrected chi connectivity index (χ4v) is 2.73. The minimum Gasteiger partial charge on any atom is -0.372 e. The topological polar surface area (TPSA) is 51.4 Å². The monoisotopic (exact) mass is 227 g/mol. The SMILES string of the molecule is C[C@@H]1CN(c2nc(CN)cs2)C[C@H](C)O1. The molecule has 1 aromatic rings. The summed E-state index contributed by atoms with van der Waals surface area (Å²) in [5.41, 5.74) is 6.52. The first-order chi connectivity index (χ1) is 7.19. The summed E-state index contributed by atoms with van der Waals surface area (Å²) in [7, 11) is 0. The van der Waals surface area contributed by atoms with Gasteiger partial charge in [0.05, 0.1) is 17.9 Å². The lowest BCUT2D eigenvalue weighted by molar-refractivity contribution is -0.00523. The van der Waals surface area contributed by atoms with E-state index in [1.807, 2.05) is 5.38 Å². The Morgan fingerprint density at radius 3 is 2.73 bits per heavy atom. The second-order valence-corrected chi connectivity index (χ2v) is 4.82. The van der Waals surface area contributed by atoms with Gasteiger partial charge in [0, 0.05) is 25.0 Å². The third-order valence-electron chi connectivity index (χ3n) is 2.44. The van der Waals surface area contributed by atoms with Crippen LogP contribution in [0.15, 0.2) is 5.38 Å². The highest BCUT2D eigenvalue weighted by Gasteiger charge is 2.23. The Morgan fingerprint density at radius 1 is 1.53 bits per heavy atom. The second-order valence-electron chi connectivity index (χ2n) is 3.99. The van der Waals surface area contributed by atoms with Gasteiger partial charge in [0.2, 0.25) is 0 Å². The minimum absolute atomic E-state index is 0.277. The minimum atomic E-state index is 0.277. The first-order valence-corrected chi connectivity index (χ1v) is 6.12. The summed E-state index contributed by atoms with van der Waals surface area (Å²) in [6, 6.07) is 0. The van der Waals surface area contributed by atoms with E-state index in [9.17, 15) is 0 Å². The molecule has 2 N–H and O–H groups in total. The van der Waals surface area contributed by atoms with Crippen LogP contribution in [0, 0.1) is 0 Å². The van der Waals surface area contributed by atoms with Crippen LogP contribution in [-0.4, -0.2) is 30.3 Å². The second kappa shape index (κ2) is 4.47. The van der Waals surface area contributed by atoms with E-state index in [1.165, 1.54) is 0 Å². The molecule has 15 heavy (non-hydrogen) atoms. The quantitative estimate of drug-likeness (QED) is 0.825. The van der Waals surface area contributed by atoms with Gasteiger partial charge in [0.1, 0.15) is 0 Å². The number of ether oxygens (including phenoxy) is 1. The summed E-state index contributed by atoms with van der Waals surface area (Å²) >= 11 is 1.66. The first kappa shape index (κ1) is 10.9. The van der Waals surface area contributed by atoms with Crippen molar-refractivity contribution in [1.82, 2.24) is 4.98 Å². The molecule has 1 aliphatic heterocycles. The molecule has 5 heteroatoms. The van der Waals surface area contributed by atoms with Crippen LogP contribution in [0.5, 0.6) is 0 Å². The van der Waals surface area contributed by atoms with Crippen molar-refractivity contribution < 1.29 is 4.74 Å². The number of morpholine rings is 1. The smallest absolute Gasteiger partial charge is 0.185 e. The van der Waals surface area contributed by atoms with Crippen LogP contribution in [0.1, 0.15) is 19.5 Å². The van der Waals surface area contributed by atoms with Crippen LogP contribution in [0.4, 0.5) is 5.13 Å². The zero-order chi connectivity index (χ0) is 10.8. The van der Waals surface area contributed by atoms with Gasteiger partial charge < -0.3 is 15.4 Å². The van der Waals surface area contributed by atoms with Crippen molar-refractivity contribution in [3.63, 3.8) is 0 Å². The first-order valence-electron chi connectivity index (χ1n) is 5.24. The van der Waals surface area contributed by atoms with Crippen molar-refractivity contribution in [2.45, 2.75) is 32.6 Å². The van der Waals surface area contributed by atoms with Gasteiger partial charge in [0.25, 0.3) is 0 Å². The average Bonchev–Trinajstić information content (AvgIpc) is 2.64. The summed E-state index contributed by atoms with van der Waals surface area (Å²) in [5, 5.41) is 3.09. The van der Waals surface area contributed by atoms with Gasteiger partial charge in [-0.3, -0.25) is 0 Å². The molecule has 2 heterocycles. The van der Waals surface area contributed by atoms with Gasteiger partial charge in [0.15, 0.2) is 5.13 Å². The van der Waals surface area contributed by atoms with Gasteiger partial charge in [-0.2, -0.15) is 0 Å². The molecule has 4 nitrogen and oxygen atoms in total. The average molecular weight is 227 g/mol. The fourth-order valence-electron chi connectivity index (χ4n) is 1.87. The largest absolute Gasteiger partial charge is 0.372 e. The number of hydrogen-bond donors (Lipinski definition) is 1. The van der Waals surface area contributed by atoms with Gasteiger partial charge in [-0.1, -0.05) is 0 Å². The summed E-state index contributed by atoms with van der Waals surface area (Å²) < 4.78 is 5.68. The molecule has 1 fully saturated rings. The summed E-state index contributed by atoms with van der Waals surface area (Å²) in [6.45, 7) is 6.55. The van der Waals surface area contributed by atoms with E-state index in [4.69, 9.17) is 10.5 Å². The van der Waals surface area contributed by atoms with Crippen molar-refractivity contribution in [3.8, 4) is 0 Å². The molecule has 2 rings (SSSR count). The predicted molar refractivity (Wildman–Crippen MR) is 62.2 cm³/mol. The van der Waals surface area contributed by atoms with Crippen molar-refractivity contribution in [2.75, 3.05) is 18.0 Å². The zero-order valence-electron chi connectivity index (χ0n) is 9.14. The van der Waals surface area contributed by atoms with E-state index in [1.54, 1.807) is 11.3 Å². The summed E-state index contributed by atoms with van der Waals surface area (Å²) in [6.07, 6.45) is 0.554. The van der Waals surface area contributed by atoms with Crippen LogP contribution < -0.4 is 10.6 Å². The van der Waals surface area contributed by atoms with E-state index >= 15 is 0 Å². The van der Waals surface area contributed by atoms with Crippen molar-refractivity contribution in [1.29, 1.82) is 0 Å². The molecule has 0 aliphatic carbocycles. The molecule has 84 valence electrons. The normalized spacial score (nSPS) is 27.0. The summed E-state index contributed by atoms with van der Waals surface area (Å²) in [5.74, 6) is 0. The Hall–Kier alpha value is -0.650. The highest BCUT2D eigenvalue weighted by atomic mass is 32.1. The Balaban J connectivity index is 2.09. The molecule has 0 spiro atoms. The van der Waals surface area contributed by atoms with Gasteiger partial charge in [-0.05, 0) is 13.8 Å². The van der Waals surface area contributed by atoms with Crippen molar-refractivity contribution >= 4 is 16.5 Å². The Kier molecular flexibility index (Phi) is 3.23. The molecule has 0 saturated carbocycles. The molecule has 1 saturated heterocycles. The Morgan fingerprint density at radius 2 is 2.20 bits per heavy atom. The van der Waals surface area contributed by atoms with Crippen molar-refractivity contribution in [2.24, 2.45) is 5.73 Å². The maximum absolute atomic E-state index is 5.68. The molecular weight excluding hydrogens is 210 g/mol. The lowest BCUT2D eigenvalue weighted by Gasteiger charge is -2.35. The van der Waals surface area contributed by atoms with E-state index in [0.717, 1.165) is 23.9 Å². The van der Waals surface area contributed by atoms with E-state index in [0.29, 0.717) is 6.54 Å². The summed E-state index contributed by atoms with van der Waals surface area (Å²) in [4.78, 5) is 6.77. The number of nitrogens with two attached hydrogens (primary N) is 1. The number of nitrogens with zero attached hydrogens (tertiary/aromatic N) is 2. The van der Waals surface area contributed by atoms with E-state index in [2.05, 4.69) is 23.7 Å². The van der Waals surface area contributed by atoms with Crippen LogP contribution in [0.2, 0.25) is 0 Å². The number of hydrogen-bond acceptors (Lipinski definition) is 5. The standard InChI is InChI=1S/C10H17N3OS/c1-7-4-13(5-8(2)14-7)10-12-9(3-11)6-15-10/h6-8H,3-5,11H2,1-2H3/t7-,8+. The van der Waals surface area contributed by atoms with Crippen LogP contribution >= 0.6 is 11.3 Å². The number of anilines is 1. The third-order valence-corrected chi connectivity index (χ3v) is 3.39. The third kappa shape index (κ3) is 2.48. The molecule has 1 aromatic heterocycles. The molecule has 0 unspecified atom stereocenters. The highest BCUT2D eigenvalue weighted by Crippen LogP contribution is 2.24. The maximum atomic E-state index is 5.68. The van der Waals surface area contributed by atoms with Crippen LogP contribution in [0.3, 0.4) is 0 Å². The molecule has 1 aliphatic rings. The van der Waals surface area contributed by atoms with Gasteiger partial charge >= 0.3 is 0 Å². The Bertz CT molecular complexity index is 318. The molecule has 0 radical (unpaired) electrons. The van der Waals surface area contributed by atoms with Crippen LogP contribution in [-0.2, 0) is 11.3 Å². The molecule has 0 amide bonds. The molecule has 0 bridgehead atoms. The maximum Gasteiger partial charge on any atom is 0.185 e. The van der Waals surface area contributed by atoms with Gasteiger partial charge in [-0.15, -0.1) is 11.3 Å². The lowest BCUT2D eigenvalue weighted by atomic mass is 10.2. The van der Waals surface area contributed by atoms with E-state index in [-0.39, 0.29) is 12.2 Å². The lowest BCUT2D eigenvalue weighted by Crippen LogP contribution is -2.45. The fraction of sp³-hybridized carbons (Fsp3) is 0.700. The molecular formula is C10H17N3OS. The van der Waals surface area contributed by atoms with Gasteiger partial charge in [-0.25, -0.2) is 4.98 Å². The number of thiazole rings is 1. The number of aromatic nitrogens is 1. The Labute approximate surface area is 94.1 Å².